The average Bonchev–Trinajstić information content (AvgIpc) is 2.64. The Bertz CT molecular complexity index is 505. The van der Waals surface area contributed by atoms with E-state index in [0.29, 0.717) is 0 Å². The second kappa shape index (κ2) is 3.65. The van der Waals surface area contributed by atoms with Crippen molar-refractivity contribution in [3.05, 3.63) is 53.9 Å². The van der Waals surface area contributed by atoms with Crippen molar-refractivity contribution in [1.29, 1.82) is 0 Å². The van der Waals surface area contributed by atoms with E-state index >= 15 is 0 Å². The summed E-state index contributed by atoms with van der Waals surface area (Å²) in [7, 11) is 1.70. The van der Waals surface area contributed by atoms with Crippen LogP contribution in [0, 0.1) is 5.82 Å². The van der Waals surface area contributed by atoms with Gasteiger partial charge in [0.15, 0.2) is 5.82 Å². The van der Waals surface area contributed by atoms with Crippen LogP contribution in [0.5, 0.6) is 0 Å². The summed E-state index contributed by atoms with van der Waals surface area (Å²) in [6, 6.07) is 5.88. The first-order valence-electron chi connectivity index (χ1n) is 4.46. The van der Waals surface area contributed by atoms with Crippen molar-refractivity contribution in [1.82, 2.24) is 9.55 Å². The van der Waals surface area contributed by atoms with Crippen molar-refractivity contribution in [2.24, 2.45) is 7.05 Å². The van der Waals surface area contributed by atoms with Gasteiger partial charge >= 0.3 is 0 Å². The molecule has 76 valence electrons. The molecule has 0 aliphatic rings. The molecule has 0 atom stereocenters. The van der Waals surface area contributed by atoms with Gasteiger partial charge in [-0.05, 0) is 12.1 Å². The molecule has 0 saturated heterocycles. The van der Waals surface area contributed by atoms with Crippen molar-refractivity contribution in [3.63, 3.8) is 0 Å². The molecular formula is C11H9FN2O. The van der Waals surface area contributed by atoms with E-state index in [0.717, 1.165) is 0 Å². The number of aromatic nitrogens is 2. The van der Waals surface area contributed by atoms with Gasteiger partial charge in [-0.25, -0.2) is 9.37 Å². The Labute approximate surface area is 86.2 Å². The highest BCUT2D eigenvalue weighted by atomic mass is 19.1. The lowest BCUT2D eigenvalue weighted by Gasteiger charge is -2.01. The molecule has 0 aliphatic heterocycles. The van der Waals surface area contributed by atoms with E-state index in [4.69, 9.17) is 0 Å². The minimum atomic E-state index is -0.523. The summed E-state index contributed by atoms with van der Waals surface area (Å²) in [6.07, 6.45) is 3.15. The number of imidazole rings is 1. The number of hydrogen-bond donors (Lipinski definition) is 0. The topological polar surface area (TPSA) is 34.9 Å². The number of ketones is 1. The van der Waals surface area contributed by atoms with Gasteiger partial charge in [-0.1, -0.05) is 12.1 Å². The summed E-state index contributed by atoms with van der Waals surface area (Å²) in [5, 5.41) is 0. The Kier molecular flexibility index (Phi) is 2.33. The zero-order valence-corrected chi connectivity index (χ0v) is 8.14. The van der Waals surface area contributed by atoms with Crippen LogP contribution in [0.4, 0.5) is 4.39 Å². The van der Waals surface area contributed by atoms with Crippen LogP contribution in [0.25, 0.3) is 0 Å². The fourth-order valence-electron chi connectivity index (χ4n) is 1.35. The summed E-state index contributed by atoms with van der Waals surface area (Å²) >= 11 is 0. The van der Waals surface area contributed by atoms with Crippen molar-refractivity contribution >= 4 is 5.78 Å². The minimum Gasteiger partial charge on any atom is -0.331 e. The SMILES string of the molecule is Cn1ccnc1C(=O)c1ccccc1F. The summed E-state index contributed by atoms with van der Waals surface area (Å²) < 4.78 is 14.9. The Hall–Kier alpha value is -1.97. The molecule has 2 rings (SSSR count). The van der Waals surface area contributed by atoms with Crippen LogP contribution in [-0.2, 0) is 7.05 Å². The normalized spacial score (nSPS) is 10.3. The van der Waals surface area contributed by atoms with Crippen LogP contribution in [0.15, 0.2) is 36.7 Å². The third-order valence-corrected chi connectivity index (χ3v) is 2.14. The van der Waals surface area contributed by atoms with Gasteiger partial charge < -0.3 is 4.57 Å². The number of carbonyl (C=O) groups excluding carboxylic acids is 1. The molecule has 1 heterocycles. The predicted octanol–water partition coefficient (Wildman–Crippen LogP) is 1.79. The molecule has 2 aromatic rings. The van der Waals surface area contributed by atoms with Crippen molar-refractivity contribution in [2.45, 2.75) is 0 Å². The lowest BCUT2D eigenvalue weighted by molar-refractivity contribution is 0.102. The summed E-state index contributed by atoms with van der Waals surface area (Å²) in [5.74, 6) is -0.689. The lowest BCUT2D eigenvalue weighted by atomic mass is 10.1. The van der Waals surface area contributed by atoms with Gasteiger partial charge in [0, 0.05) is 19.4 Å². The standard InChI is InChI=1S/C11H9FN2O/c1-14-7-6-13-11(14)10(15)8-4-2-3-5-9(8)12/h2-7H,1H3. The van der Waals surface area contributed by atoms with Gasteiger partial charge in [-0.2, -0.15) is 0 Å². The number of carbonyl (C=O) groups is 1. The molecule has 0 N–H and O–H groups in total. The molecule has 4 heteroatoms. The fraction of sp³-hybridized carbons (Fsp3) is 0.0909. The second-order valence-electron chi connectivity index (χ2n) is 3.17. The van der Waals surface area contributed by atoms with Crippen LogP contribution < -0.4 is 0 Å². The zero-order valence-electron chi connectivity index (χ0n) is 8.14. The number of rotatable bonds is 2. The first kappa shape index (κ1) is 9.58. The third kappa shape index (κ3) is 1.66. The van der Waals surface area contributed by atoms with Crippen LogP contribution >= 0.6 is 0 Å². The molecule has 0 saturated carbocycles. The van der Waals surface area contributed by atoms with E-state index in [2.05, 4.69) is 4.98 Å². The maximum atomic E-state index is 13.3. The maximum absolute atomic E-state index is 13.3. The number of hydrogen-bond acceptors (Lipinski definition) is 2. The Morgan fingerprint density at radius 3 is 2.73 bits per heavy atom. The maximum Gasteiger partial charge on any atom is 0.231 e. The molecule has 0 aliphatic carbocycles. The third-order valence-electron chi connectivity index (χ3n) is 2.14. The zero-order chi connectivity index (χ0) is 10.8. The minimum absolute atomic E-state index is 0.0480. The van der Waals surface area contributed by atoms with Crippen LogP contribution in [0.2, 0.25) is 0 Å². The summed E-state index contributed by atoms with van der Waals surface area (Å²) in [6.45, 7) is 0. The van der Waals surface area contributed by atoms with Gasteiger partial charge in [0.2, 0.25) is 5.78 Å². The van der Waals surface area contributed by atoms with Crippen molar-refractivity contribution < 1.29 is 9.18 Å². The first-order valence-corrected chi connectivity index (χ1v) is 4.46. The van der Waals surface area contributed by atoms with Crippen LogP contribution in [0.1, 0.15) is 16.2 Å². The molecule has 1 aromatic heterocycles. The van der Waals surface area contributed by atoms with E-state index < -0.39 is 11.6 Å². The highest BCUT2D eigenvalue weighted by Gasteiger charge is 2.16. The highest BCUT2D eigenvalue weighted by molar-refractivity contribution is 6.06. The molecule has 0 bridgehead atoms. The van der Waals surface area contributed by atoms with Crippen molar-refractivity contribution in [2.75, 3.05) is 0 Å². The highest BCUT2D eigenvalue weighted by Crippen LogP contribution is 2.11. The first-order chi connectivity index (χ1) is 7.20. The number of benzene rings is 1. The van der Waals surface area contributed by atoms with Gasteiger partial charge in [0.1, 0.15) is 5.82 Å². The second-order valence-corrected chi connectivity index (χ2v) is 3.17. The largest absolute Gasteiger partial charge is 0.331 e. The molecule has 0 amide bonds. The van der Waals surface area contributed by atoms with Gasteiger partial charge in [-0.3, -0.25) is 4.79 Å². The number of nitrogens with zero attached hydrogens (tertiary/aromatic N) is 2. The monoisotopic (exact) mass is 204 g/mol. The van der Waals surface area contributed by atoms with E-state index in [9.17, 15) is 9.18 Å². The molecule has 0 unspecified atom stereocenters. The molecule has 0 fully saturated rings. The van der Waals surface area contributed by atoms with Crippen molar-refractivity contribution in [3.8, 4) is 0 Å². The van der Waals surface area contributed by atoms with Gasteiger partial charge in [0.05, 0.1) is 5.56 Å². The average molecular weight is 204 g/mol. The molecule has 1 aromatic carbocycles. The Morgan fingerprint density at radius 1 is 1.40 bits per heavy atom. The number of aryl methyl sites for hydroxylation is 1. The lowest BCUT2D eigenvalue weighted by Crippen LogP contribution is -2.10. The Balaban J connectivity index is 2.46. The molecule has 0 spiro atoms. The van der Waals surface area contributed by atoms with Crippen LogP contribution in [-0.4, -0.2) is 15.3 Å². The van der Waals surface area contributed by atoms with E-state index in [1.165, 1.54) is 18.3 Å². The number of halogens is 1. The molecule has 3 nitrogen and oxygen atoms in total. The van der Waals surface area contributed by atoms with E-state index in [1.807, 2.05) is 0 Å². The van der Waals surface area contributed by atoms with Crippen LogP contribution in [0.3, 0.4) is 0 Å². The quantitative estimate of drug-likeness (QED) is 0.699. The van der Waals surface area contributed by atoms with E-state index in [1.54, 1.807) is 29.9 Å². The Morgan fingerprint density at radius 2 is 2.13 bits per heavy atom. The summed E-state index contributed by atoms with van der Waals surface area (Å²) in [5.41, 5.74) is 0.0480. The molecular weight excluding hydrogens is 195 g/mol. The summed E-state index contributed by atoms with van der Waals surface area (Å²) in [4.78, 5) is 15.7. The predicted molar refractivity (Wildman–Crippen MR) is 53.0 cm³/mol. The smallest absolute Gasteiger partial charge is 0.231 e. The molecule has 0 radical (unpaired) electrons. The van der Waals surface area contributed by atoms with Gasteiger partial charge in [0.25, 0.3) is 0 Å². The van der Waals surface area contributed by atoms with E-state index in [-0.39, 0.29) is 11.4 Å². The van der Waals surface area contributed by atoms with Gasteiger partial charge in [-0.15, -0.1) is 0 Å². The fourth-order valence-corrected chi connectivity index (χ4v) is 1.35. The molecule has 15 heavy (non-hydrogen) atoms.